The summed E-state index contributed by atoms with van der Waals surface area (Å²) in [5.41, 5.74) is 1.16. The summed E-state index contributed by atoms with van der Waals surface area (Å²) in [4.78, 5) is 27.6. The molecule has 1 aliphatic heterocycles. The van der Waals surface area contributed by atoms with Gasteiger partial charge in [0.15, 0.2) is 0 Å². The summed E-state index contributed by atoms with van der Waals surface area (Å²) in [6, 6.07) is 16.9. The van der Waals surface area contributed by atoms with Crippen LogP contribution in [0.25, 0.3) is 5.76 Å². The van der Waals surface area contributed by atoms with Crippen LogP contribution in [0.2, 0.25) is 5.02 Å². The number of carbonyl (C=O) groups excluding carboxylic acids is 2. The van der Waals surface area contributed by atoms with Gasteiger partial charge < -0.3 is 14.9 Å². The zero-order chi connectivity index (χ0) is 23.0. The lowest BCUT2D eigenvalue weighted by Gasteiger charge is -2.26. The molecular weight excluding hydrogens is 498 g/mol. The van der Waals surface area contributed by atoms with Crippen LogP contribution in [0.3, 0.4) is 0 Å². The van der Waals surface area contributed by atoms with Gasteiger partial charge in [-0.15, -0.1) is 0 Å². The highest BCUT2D eigenvalue weighted by atomic mass is 79.9. The third kappa shape index (κ3) is 3.85. The lowest BCUT2D eigenvalue weighted by atomic mass is 9.95. The number of carbonyl (C=O) groups is 2. The molecule has 2 N–H and O–H groups in total. The topological polar surface area (TPSA) is 87.1 Å². The van der Waals surface area contributed by atoms with Crippen molar-refractivity contribution in [2.45, 2.75) is 6.04 Å². The molecule has 0 aromatic heterocycles. The number of halogens is 2. The monoisotopic (exact) mass is 513 g/mol. The first-order chi connectivity index (χ1) is 15.3. The summed E-state index contributed by atoms with van der Waals surface area (Å²) >= 11 is 9.47. The number of phenols is 1. The molecule has 1 aliphatic rings. The van der Waals surface area contributed by atoms with Crippen LogP contribution in [0, 0.1) is 0 Å². The molecule has 1 saturated heterocycles. The Kier molecular flexibility index (Phi) is 5.95. The molecule has 6 nitrogen and oxygen atoms in total. The van der Waals surface area contributed by atoms with Crippen LogP contribution in [0.5, 0.6) is 11.5 Å². The summed E-state index contributed by atoms with van der Waals surface area (Å²) < 4.78 is 6.06. The van der Waals surface area contributed by atoms with Gasteiger partial charge in [-0.25, -0.2) is 0 Å². The van der Waals surface area contributed by atoms with Crippen LogP contribution >= 0.6 is 27.5 Å². The highest BCUT2D eigenvalue weighted by Gasteiger charge is 2.47. The summed E-state index contributed by atoms with van der Waals surface area (Å²) in [7, 11) is 1.50. The van der Waals surface area contributed by atoms with E-state index in [1.54, 1.807) is 54.6 Å². The van der Waals surface area contributed by atoms with E-state index in [9.17, 15) is 19.8 Å². The molecule has 8 heteroatoms. The Labute approximate surface area is 197 Å². The minimum absolute atomic E-state index is 0.0578. The van der Waals surface area contributed by atoms with Gasteiger partial charge in [0.05, 0.1) is 23.7 Å². The van der Waals surface area contributed by atoms with Crippen LogP contribution < -0.4 is 9.64 Å². The molecule has 1 heterocycles. The number of ketones is 1. The number of Topliss-reactive ketones (excluding diaryl/α,β-unsaturated/α-hetero) is 1. The second-order valence-corrected chi connectivity index (χ2v) is 8.41. The molecule has 0 aliphatic carbocycles. The highest BCUT2D eigenvalue weighted by molar-refractivity contribution is 9.10. The van der Waals surface area contributed by atoms with Gasteiger partial charge in [-0.3, -0.25) is 14.5 Å². The van der Waals surface area contributed by atoms with Gasteiger partial charge in [0.25, 0.3) is 11.7 Å². The number of aromatic hydroxyl groups is 1. The molecular formula is C24H17BrClNO5. The fourth-order valence-corrected chi connectivity index (χ4v) is 4.08. The van der Waals surface area contributed by atoms with E-state index in [4.69, 9.17) is 16.3 Å². The molecule has 1 amide bonds. The second-order valence-electron chi connectivity index (χ2n) is 7.09. The summed E-state index contributed by atoms with van der Waals surface area (Å²) in [5, 5.41) is 21.0. The fraction of sp³-hybridized carbons (Fsp3) is 0.0833. The predicted molar refractivity (Wildman–Crippen MR) is 125 cm³/mol. The van der Waals surface area contributed by atoms with Crippen molar-refractivity contribution < 1.29 is 24.5 Å². The number of amides is 1. The number of hydrogen-bond acceptors (Lipinski definition) is 5. The van der Waals surface area contributed by atoms with Crippen molar-refractivity contribution in [3.63, 3.8) is 0 Å². The smallest absolute Gasteiger partial charge is 0.300 e. The lowest BCUT2D eigenvalue weighted by Crippen LogP contribution is -2.29. The zero-order valence-corrected chi connectivity index (χ0v) is 19.1. The zero-order valence-electron chi connectivity index (χ0n) is 16.8. The van der Waals surface area contributed by atoms with E-state index in [1.165, 1.54) is 24.1 Å². The maximum absolute atomic E-state index is 13.1. The number of benzene rings is 3. The molecule has 32 heavy (non-hydrogen) atoms. The Morgan fingerprint density at radius 3 is 2.44 bits per heavy atom. The van der Waals surface area contributed by atoms with Gasteiger partial charge in [0.2, 0.25) is 0 Å². The molecule has 0 spiro atoms. The van der Waals surface area contributed by atoms with Crippen molar-refractivity contribution in [3.8, 4) is 11.5 Å². The first-order valence-electron chi connectivity index (χ1n) is 9.51. The van der Waals surface area contributed by atoms with Crippen molar-refractivity contribution in [1.82, 2.24) is 0 Å². The van der Waals surface area contributed by atoms with Gasteiger partial charge in [-0.05, 0) is 42.0 Å². The quantitative estimate of drug-likeness (QED) is 0.275. The summed E-state index contributed by atoms with van der Waals surface area (Å²) in [6.07, 6.45) is 0. The standard InChI is InChI=1S/C24H17BrClNO5/c1-32-17-4-2-3-16(12-17)27-21(14-7-10-19(28)18(26)11-14)20(23(30)24(27)31)22(29)13-5-8-15(25)9-6-13/h2-12,21,28-29H,1H3/b22-20-. The minimum atomic E-state index is -0.969. The van der Waals surface area contributed by atoms with Crippen molar-refractivity contribution in [2.24, 2.45) is 0 Å². The summed E-state index contributed by atoms with van der Waals surface area (Å²) in [5.74, 6) is -1.58. The number of aliphatic hydroxyl groups is 1. The average molecular weight is 515 g/mol. The number of ether oxygens (including phenoxy) is 1. The third-order valence-electron chi connectivity index (χ3n) is 5.18. The maximum atomic E-state index is 13.1. The van der Waals surface area contributed by atoms with Crippen LogP contribution in [-0.4, -0.2) is 29.0 Å². The van der Waals surface area contributed by atoms with Crippen molar-refractivity contribution in [1.29, 1.82) is 0 Å². The van der Waals surface area contributed by atoms with Gasteiger partial charge in [0, 0.05) is 21.8 Å². The normalized spacial score (nSPS) is 17.6. The molecule has 0 saturated carbocycles. The number of phenolic OH excluding ortho intramolecular Hbond substituents is 1. The Morgan fingerprint density at radius 1 is 1.06 bits per heavy atom. The van der Waals surface area contributed by atoms with Gasteiger partial charge in [-0.2, -0.15) is 0 Å². The lowest BCUT2D eigenvalue weighted by molar-refractivity contribution is -0.132. The minimum Gasteiger partial charge on any atom is -0.507 e. The first-order valence-corrected chi connectivity index (χ1v) is 10.7. The van der Waals surface area contributed by atoms with Crippen LogP contribution in [-0.2, 0) is 9.59 Å². The Bertz CT molecular complexity index is 1260. The van der Waals surface area contributed by atoms with Crippen LogP contribution in [0.15, 0.2) is 76.8 Å². The molecule has 1 fully saturated rings. The van der Waals surface area contributed by atoms with Crippen LogP contribution in [0.1, 0.15) is 17.2 Å². The number of methoxy groups -OCH3 is 1. The molecule has 1 unspecified atom stereocenters. The average Bonchev–Trinajstić information content (AvgIpc) is 3.06. The van der Waals surface area contributed by atoms with Gasteiger partial charge >= 0.3 is 0 Å². The van der Waals surface area contributed by atoms with E-state index in [0.29, 0.717) is 22.6 Å². The van der Waals surface area contributed by atoms with E-state index < -0.39 is 17.7 Å². The molecule has 0 radical (unpaired) electrons. The molecule has 4 rings (SSSR count). The SMILES string of the molecule is COc1cccc(N2C(=O)C(=O)/C(=C(\O)c3ccc(Br)cc3)C2c2ccc(O)c(Cl)c2)c1. The van der Waals surface area contributed by atoms with Crippen molar-refractivity contribution in [3.05, 3.63) is 92.9 Å². The molecule has 162 valence electrons. The van der Waals surface area contributed by atoms with E-state index >= 15 is 0 Å². The molecule has 3 aromatic rings. The predicted octanol–water partition coefficient (Wildman–Crippen LogP) is 5.44. The van der Waals surface area contributed by atoms with E-state index in [2.05, 4.69) is 15.9 Å². The van der Waals surface area contributed by atoms with Gasteiger partial charge in [0.1, 0.15) is 17.3 Å². The van der Waals surface area contributed by atoms with Gasteiger partial charge in [-0.1, -0.05) is 51.8 Å². The number of anilines is 1. The number of rotatable bonds is 4. The van der Waals surface area contributed by atoms with Crippen molar-refractivity contribution in [2.75, 3.05) is 12.0 Å². The Hall–Kier alpha value is -3.29. The molecule has 3 aromatic carbocycles. The fourth-order valence-electron chi connectivity index (χ4n) is 3.63. The van der Waals surface area contributed by atoms with Crippen LogP contribution in [0.4, 0.5) is 5.69 Å². The number of hydrogen-bond donors (Lipinski definition) is 2. The van der Waals surface area contributed by atoms with E-state index in [-0.39, 0.29) is 22.1 Å². The Balaban J connectivity index is 1.96. The number of nitrogens with zero attached hydrogens (tertiary/aromatic N) is 1. The van der Waals surface area contributed by atoms with Crippen molar-refractivity contribution >= 4 is 50.7 Å². The maximum Gasteiger partial charge on any atom is 0.300 e. The first kappa shape index (κ1) is 21.9. The van der Waals surface area contributed by atoms with E-state index in [0.717, 1.165) is 4.47 Å². The third-order valence-corrected chi connectivity index (χ3v) is 6.01. The largest absolute Gasteiger partial charge is 0.507 e. The summed E-state index contributed by atoms with van der Waals surface area (Å²) in [6.45, 7) is 0. The number of aliphatic hydroxyl groups excluding tert-OH is 1. The molecule has 1 atom stereocenters. The highest BCUT2D eigenvalue weighted by Crippen LogP contribution is 2.44. The van der Waals surface area contributed by atoms with E-state index in [1.807, 2.05) is 0 Å². The molecule has 0 bridgehead atoms. The Morgan fingerprint density at radius 2 is 1.78 bits per heavy atom. The second kappa shape index (κ2) is 8.68.